The third-order valence-corrected chi connectivity index (χ3v) is 3.91. The lowest BCUT2D eigenvalue weighted by molar-refractivity contribution is 0.0931. The van der Waals surface area contributed by atoms with E-state index in [0.717, 1.165) is 10.9 Å². The minimum absolute atomic E-state index is 0.0665. The fraction of sp³-hybridized carbons (Fsp3) is 0.462. The molecule has 1 atom stereocenters. The zero-order chi connectivity index (χ0) is 13.0. The summed E-state index contributed by atoms with van der Waals surface area (Å²) in [4.78, 5) is 12.1. The standard InChI is InChI=1S/C13H17BrClNO/c1-8(2)12(7-14)16-13(17)10-5-4-6-11(15)9(10)3/h4-6,8,12H,7H2,1-3H3,(H,16,17). The predicted octanol–water partition coefficient (Wildman–Crippen LogP) is 3.80. The Kier molecular flexibility index (Phi) is 5.47. The van der Waals surface area contributed by atoms with Crippen LogP contribution in [0.5, 0.6) is 0 Å². The first-order valence-corrected chi connectivity index (χ1v) is 7.09. The first kappa shape index (κ1) is 14.5. The Hall–Kier alpha value is -0.540. The van der Waals surface area contributed by atoms with Crippen LogP contribution in [0.15, 0.2) is 18.2 Å². The fourth-order valence-electron chi connectivity index (χ4n) is 1.48. The summed E-state index contributed by atoms with van der Waals surface area (Å²) in [5.74, 6) is 0.320. The summed E-state index contributed by atoms with van der Waals surface area (Å²) in [6.07, 6.45) is 0. The zero-order valence-corrected chi connectivity index (χ0v) is 12.6. The third-order valence-electron chi connectivity index (χ3n) is 2.80. The molecule has 2 nitrogen and oxygen atoms in total. The van der Waals surface area contributed by atoms with Gasteiger partial charge in [0.25, 0.3) is 5.91 Å². The summed E-state index contributed by atoms with van der Waals surface area (Å²) in [6.45, 7) is 6.02. The van der Waals surface area contributed by atoms with Crippen molar-refractivity contribution in [2.75, 3.05) is 5.33 Å². The molecule has 1 N–H and O–H groups in total. The Labute approximate surface area is 116 Å². The molecular weight excluding hydrogens is 302 g/mol. The van der Waals surface area contributed by atoms with Crippen LogP contribution in [0, 0.1) is 12.8 Å². The van der Waals surface area contributed by atoms with Crippen LogP contribution in [0.2, 0.25) is 5.02 Å². The van der Waals surface area contributed by atoms with Crippen LogP contribution in [-0.2, 0) is 0 Å². The van der Waals surface area contributed by atoms with E-state index >= 15 is 0 Å². The molecule has 0 aliphatic heterocycles. The topological polar surface area (TPSA) is 29.1 Å². The van der Waals surface area contributed by atoms with E-state index in [4.69, 9.17) is 11.6 Å². The van der Waals surface area contributed by atoms with Crippen molar-refractivity contribution in [1.82, 2.24) is 5.32 Å². The number of carbonyl (C=O) groups is 1. The van der Waals surface area contributed by atoms with Crippen LogP contribution in [-0.4, -0.2) is 17.3 Å². The second-order valence-corrected chi connectivity index (χ2v) is 5.45. The van der Waals surface area contributed by atoms with Gasteiger partial charge in [-0.05, 0) is 30.5 Å². The van der Waals surface area contributed by atoms with E-state index in [0.29, 0.717) is 16.5 Å². The van der Waals surface area contributed by atoms with Crippen LogP contribution in [0.4, 0.5) is 0 Å². The second-order valence-electron chi connectivity index (χ2n) is 4.39. The highest BCUT2D eigenvalue weighted by molar-refractivity contribution is 9.09. The highest BCUT2D eigenvalue weighted by Crippen LogP contribution is 2.19. The van der Waals surface area contributed by atoms with Gasteiger partial charge in [-0.15, -0.1) is 0 Å². The van der Waals surface area contributed by atoms with Crippen LogP contribution >= 0.6 is 27.5 Å². The summed E-state index contributed by atoms with van der Waals surface area (Å²) in [5.41, 5.74) is 1.47. The number of halogens is 2. The minimum atomic E-state index is -0.0665. The average Bonchev–Trinajstić information content (AvgIpc) is 2.28. The van der Waals surface area contributed by atoms with Crippen molar-refractivity contribution in [2.24, 2.45) is 5.92 Å². The summed E-state index contributed by atoms with van der Waals surface area (Å²) < 4.78 is 0. The van der Waals surface area contributed by atoms with Gasteiger partial charge < -0.3 is 5.32 Å². The van der Waals surface area contributed by atoms with Crippen LogP contribution in [0.1, 0.15) is 29.8 Å². The fourth-order valence-corrected chi connectivity index (χ4v) is 2.57. The average molecular weight is 319 g/mol. The number of benzene rings is 1. The Balaban J connectivity index is 2.86. The molecule has 0 saturated heterocycles. The maximum absolute atomic E-state index is 12.1. The maximum atomic E-state index is 12.1. The summed E-state index contributed by atoms with van der Waals surface area (Å²) in [6, 6.07) is 5.50. The molecule has 0 fully saturated rings. The van der Waals surface area contributed by atoms with Crippen molar-refractivity contribution in [3.8, 4) is 0 Å². The molecule has 0 aromatic heterocycles. The summed E-state index contributed by atoms with van der Waals surface area (Å²) >= 11 is 9.41. The molecule has 0 bridgehead atoms. The largest absolute Gasteiger partial charge is 0.348 e. The molecule has 1 unspecified atom stereocenters. The molecule has 0 aliphatic carbocycles. The molecule has 1 aromatic rings. The third kappa shape index (κ3) is 3.71. The number of rotatable bonds is 4. The van der Waals surface area contributed by atoms with Crippen LogP contribution < -0.4 is 5.32 Å². The molecular formula is C13H17BrClNO. The van der Waals surface area contributed by atoms with E-state index in [1.54, 1.807) is 18.2 Å². The highest BCUT2D eigenvalue weighted by Gasteiger charge is 2.17. The van der Waals surface area contributed by atoms with Crippen molar-refractivity contribution in [3.63, 3.8) is 0 Å². The first-order chi connectivity index (χ1) is 7.97. The van der Waals surface area contributed by atoms with Crippen LogP contribution in [0.3, 0.4) is 0 Å². The molecule has 94 valence electrons. The van der Waals surface area contributed by atoms with Gasteiger partial charge in [0.15, 0.2) is 0 Å². The molecule has 0 radical (unpaired) electrons. The Morgan fingerprint density at radius 2 is 2.12 bits per heavy atom. The molecule has 4 heteroatoms. The molecule has 0 spiro atoms. The quantitative estimate of drug-likeness (QED) is 0.841. The van der Waals surface area contributed by atoms with E-state index in [1.165, 1.54) is 0 Å². The Morgan fingerprint density at radius 1 is 1.47 bits per heavy atom. The number of alkyl halides is 1. The number of carbonyl (C=O) groups excluding carboxylic acids is 1. The van der Waals surface area contributed by atoms with Gasteiger partial charge >= 0.3 is 0 Å². The van der Waals surface area contributed by atoms with Gasteiger partial charge in [-0.25, -0.2) is 0 Å². The van der Waals surface area contributed by atoms with Crippen molar-refractivity contribution in [2.45, 2.75) is 26.8 Å². The van der Waals surface area contributed by atoms with Gasteiger partial charge in [0.2, 0.25) is 0 Å². The number of nitrogens with one attached hydrogen (secondary N) is 1. The minimum Gasteiger partial charge on any atom is -0.348 e. The summed E-state index contributed by atoms with van der Waals surface area (Å²) in [5, 5.41) is 4.37. The molecule has 1 aromatic carbocycles. The SMILES string of the molecule is Cc1c(Cl)cccc1C(=O)NC(CBr)C(C)C. The molecule has 0 saturated carbocycles. The number of hydrogen-bond acceptors (Lipinski definition) is 1. The molecule has 0 aliphatic rings. The monoisotopic (exact) mass is 317 g/mol. The molecule has 1 amide bonds. The van der Waals surface area contributed by atoms with Crippen molar-refractivity contribution in [3.05, 3.63) is 34.3 Å². The van der Waals surface area contributed by atoms with E-state index in [1.807, 2.05) is 6.92 Å². The lowest BCUT2D eigenvalue weighted by Crippen LogP contribution is -2.40. The first-order valence-electron chi connectivity index (χ1n) is 5.59. The summed E-state index contributed by atoms with van der Waals surface area (Å²) in [7, 11) is 0. The lowest BCUT2D eigenvalue weighted by atomic mass is 10.0. The molecule has 17 heavy (non-hydrogen) atoms. The van der Waals surface area contributed by atoms with Gasteiger partial charge in [-0.1, -0.05) is 47.4 Å². The predicted molar refractivity (Wildman–Crippen MR) is 76.1 cm³/mol. The van der Waals surface area contributed by atoms with Crippen molar-refractivity contribution in [1.29, 1.82) is 0 Å². The normalized spacial score (nSPS) is 12.6. The van der Waals surface area contributed by atoms with Gasteiger partial charge in [0.05, 0.1) is 0 Å². The Bertz CT molecular complexity index is 406. The maximum Gasteiger partial charge on any atom is 0.251 e. The Morgan fingerprint density at radius 3 is 2.65 bits per heavy atom. The number of hydrogen-bond donors (Lipinski definition) is 1. The van der Waals surface area contributed by atoms with Gasteiger partial charge in [0, 0.05) is 22.0 Å². The van der Waals surface area contributed by atoms with E-state index in [-0.39, 0.29) is 11.9 Å². The lowest BCUT2D eigenvalue weighted by Gasteiger charge is -2.20. The van der Waals surface area contributed by atoms with Crippen molar-refractivity contribution < 1.29 is 4.79 Å². The van der Waals surface area contributed by atoms with Crippen LogP contribution in [0.25, 0.3) is 0 Å². The molecule has 0 heterocycles. The van der Waals surface area contributed by atoms with Gasteiger partial charge in [0.1, 0.15) is 0 Å². The van der Waals surface area contributed by atoms with E-state index < -0.39 is 0 Å². The smallest absolute Gasteiger partial charge is 0.251 e. The second kappa shape index (κ2) is 6.41. The van der Waals surface area contributed by atoms with Gasteiger partial charge in [-0.2, -0.15) is 0 Å². The van der Waals surface area contributed by atoms with E-state index in [2.05, 4.69) is 35.1 Å². The van der Waals surface area contributed by atoms with Crippen molar-refractivity contribution >= 4 is 33.4 Å². The zero-order valence-electron chi connectivity index (χ0n) is 10.3. The van der Waals surface area contributed by atoms with Gasteiger partial charge in [-0.3, -0.25) is 4.79 Å². The highest BCUT2D eigenvalue weighted by atomic mass is 79.9. The molecule has 1 rings (SSSR count). The number of amides is 1. The van der Waals surface area contributed by atoms with E-state index in [9.17, 15) is 4.79 Å².